The van der Waals surface area contributed by atoms with Crippen LogP contribution in [0.5, 0.6) is 0 Å². The Hall–Kier alpha value is -2.89. The first-order valence-electron chi connectivity index (χ1n) is 8.04. The molecule has 0 aliphatic heterocycles. The maximum atomic E-state index is 12.8. The third-order valence-electron chi connectivity index (χ3n) is 3.71. The molecule has 5 nitrogen and oxygen atoms in total. The molecule has 6 heteroatoms. The maximum absolute atomic E-state index is 12.8. The molecule has 0 heterocycles. The molecule has 2 rings (SSSR count). The standard InChI is InChI=1S/C19H23FN4O/c1-13-4-5-15(14(2)10-13)11-22-19(21-3)23-12-18(25)24-17-8-6-16(20)7-9-17/h4-10H,11-12H2,1-3H3,(H,24,25)(H2,21,22,23). The molecule has 0 saturated carbocycles. The van der Waals surface area contributed by atoms with Gasteiger partial charge in [-0.15, -0.1) is 0 Å². The SMILES string of the molecule is CN=C(NCC(=O)Nc1ccc(F)cc1)NCc1ccc(C)cc1C. The normalized spacial score (nSPS) is 11.1. The number of halogens is 1. The van der Waals surface area contributed by atoms with Crippen LogP contribution in [0.2, 0.25) is 0 Å². The van der Waals surface area contributed by atoms with Crippen LogP contribution >= 0.6 is 0 Å². The summed E-state index contributed by atoms with van der Waals surface area (Å²) in [5.41, 5.74) is 4.15. The molecule has 0 spiro atoms. The minimum atomic E-state index is -0.341. The molecule has 132 valence electrons. The predicted octanol–water partition coefficient (Wildman–Crippen LogP) is 2.75. The molecule has 1 amide bonds. The molecular formula is C19H23FN4O. The van der Waals surface area contributed by atoms with Crippen LogP contribution in [0.15, 0.2) is 47.5 Å². The first-order chi connectivity index (χ1) is 12.0. The van der Waals surface area contributed by atoms with E-state index in [4.69, 9.17) is 0 Å². The van der Waals surface area contributed by atoms with Gasteiger partial charge in [-0.05, 0) is 49.2 Å². The Morgan fingerprint density at radius 2 is 1.80 bits per heavy atom. The molecule has 0 bridgehead atoms. The van der Waals surface area contributed by atoms with Gasteiger partial charge in [0.25, 0.3) is 0 Å². The highest BCUT2D eigenvalue weighted by atomic mass is 19.1. The predicted molar refractivity (Wildman–Crippen MR) is 99.1 cm³/mol. The van der Waals surface area contributed by atoms with E-state index in [0.717, 1.165) is 0 Å². The quantitative estimate of drug-likeness (QED) is 0.578. The average Bonchev–Trinajstić information content (AvgIpc) is 2.58. The fourth-order valence-electron chi connectivity index (χ4n) is 2.35. The number of benzene rings is 2. The molecule has 0 atom stereocenters. The van der Waals surface area contributed by atoms with Crippen molar-refractivity contribution in [3.05, 3.63) is 65.0 Å². The lowest BCUT2D eigenvalue weighted by Gasteiger charge is -2.13. The van der Waals surface area contributed by atoms with E-state index in [2.05, 4.69) is 53.0 Å². The van der Waals surface area contributed by atoms with Gasteiger partial charge in [-0.25, -0.2) is 4.39 Å². The van der Waals surface area contributed by atoms with Gasteiger partial charge in [-0.1, -0.05) is 23.8 Å². The van der Waals surface area contributed by atoms with Crippen LogP contribution in [-0.2, 0) is 11.3 Å². The van der Waals surface area contributed by atoms with E-state index >= 15 is 0 Å². The van der Waals surface area contributed by atoms with E-state index < -0.39 is 0 Å². The number of anilines is 1. The summed E-state index contributed by atoms with van der Waals surface area (Å²) in [6.45, 7) is 4.80. The second kappa shape index (κ2) is 8.82. The van der Waals surface area contributed by atoms with Gasteiger partial charge in [0, 0.05) is 19.3 Å². The zero-order valence-corrected chi connectivity index (χ0v) is 14.7. The molecule has 2 aromatic rings. The third kappa shape index (κ3) is 5.91. The van der Waals surface area contributed by atoms with Crippen molar-refractivity contribution in [2.45, 2.75) is 20.4 Å². The van der Waals surface area contributed by atoms with Crippen molar-refractivity contribution in [1.82, 2.24) is 10.6 Å². The van der Waals surface area contributed by atoms with Crippen molar-refractivity contribution in [1.29, 1.82) is 0 Å². The number of guanidine groups is 1. The van der Waals surface area contributed by atoms with E-state index in [1.165, 1.54) is 41.0 Å². The van der Waals surface area contributed by atoms with Crippen LogP contribution in [0.25, 0.3) is 0 Å². The minimum absolute atomic E-state index is 0.0595. The Morgan fingerprint density at radius 1 is 1.08 bits per heavy atom. The van der Waals surface area contributed by atoms with Gasteiger partial charge < -0.3 is 16.0 Å². The van der Waals surface area contributed by atoms with Gasteiger partial charge >= 0.3 is 0 Å². The van der Waals surface area contributed by atoms with Crippen molar-refractivity contribution < 1.29 is 9.18 Å². The fraction of sp³-hybridized carbons (Fsp3) is 0.263. The zero-order chi connectivity index (χ0) is 18.2. The van der Waals surface area contributed by atoms with E-state index in [9.17, 15) is 9.18 Å². The number of nitrogens with one attached hydrogen (secondary N) is 3. The molecule has 0 aliphatic rings. The fourth-order valence-corrected chi connectivity index (χ4v) is 2.35. The third-order valence-corrected chi connectivity index (χ3v) is 3.71. The molecular weight excluding hydrogens is 319 g/mol. The van der Waals surface area contributed by atoms with Crippen molar-refractivity contribution in [2.75, 3.05) is 18.9 Å². The Kier molecular flexibility index (Phi) is 6.51. The number of aliphatic imine (C=N–C) groups is 1. The second-order valence-corrected chi connectivity index (χ2v) is 5.76. The molecule has 0 saturated heterocycles. The molecule has 3 N–H and O–H groups in total. The Morgan fingerprint density at radius 3 is 2.44 bits per heavy atom. The largest absolute Gasteiger partial charge is 0.352 e. The smallest absolute Gasteiger partial charge is 0.243 e. The van der Waals surface area contributed by atoms with Crippen molar-refractivity contribution in [3.63, 3.8) is 0 Å². The zero-order valence-electron chi connectivity index (χ0n) is 14.7. The van der Waals surface area contributed by atoms with E-state index in [1.54, 1.807) is 7.05 Å². The summed E-state index contributed by atoms with van der Waals surface area (Å²) < 4.78 is 12.8. The lowest BCUT2D eigenvalue weighted by atomic mass is 10.1. The topological polar surface area (TPSA) is 65.5 Å². The second-order valence-electron chi connectivity index (χ2n) is 5.76. The van der Waals surface area contributed by atoms with E-state index in [-0.39, 0.29) is 18.3 Å². The van der Waals surface area contributed by atoms with Crippen molar-refractivity contribution >= 4 is 17.6 Å². The Labute approximate surface area is 147 Å². The first kappa shape index (κ1) is 18.4. The van der Waals surface area contributed by atoms with E-state index in [0.29, 0.717) is 18.2 Å². The molecule has 0 unspecified atom stereocenters. The van der Waals surface area contributed by atoms with Crippen LogP contribution in [0.1, 0.15) is 16.7 Å². The number of aryl methyl sites for hydroxylation is 2. The van der Waals surface area contributed by atoms with Crippen LogP contribution in [0.4, 0.5) is 10.1 Å². The van der Waals surface area contributed by atoms with Crippen molar-refractivity contribution in [2.24, 2.45) is 4.99 Å². The summed E-state index contributed by atoms with van der Waals surface area (Å²) in [7, 11) is 1.65. The number of hydrogen-bond donors (Lipinski definition) is 3. The lowest BCUT2D eigenvalue weighted by Crippen LogP contribution is -2.41. The molecule has 25 heavy (non-hydrogen) atoms. The highest BCUT2D eigenvalue weighted by Crippen LogP contribution is 2.10. The maximum Gasteiger partial charge on any atom is 0.243 e. The van der Waals surface area contributed by atoms with Crippen LogP contribution < -0.4 is 16.0 Å². The van der Waals surface area contributed by atoms with Crippen LogP contribution in [0, 0.1) is 19.7 Å². The number of nitrogens with zero attached hydrogens (tertiary/aromatic N) is 1. The molecule has 0 aromatic heterocycles. The summed E-state index contributed by atoms with van der Waals surface area (Å²) >= 11 is 0. The number of amides is 1. The van der Waals surface area contributed by atoms with Gasteiger partial charge in [0.1, 0.15) is 5.82 Å². The minimum Gasteiger partial charge on any atom is -0.352 e. The lowest BCUT2D eigenvalue weighted by molar-refractivity contribution is -0.115. The van der Waals surface area contributed by atoms with Gasteiger partial charge in [0.15, 0.2) is 5.96 Å². The summed E-state index contributed by atoms with van der Waals surface area (Å²) in [6.07, 6.45) is 0. The molecule has 0 radical (unpaired) electrons. The summed E-state index contributed by atoms with van der Waals surface area (Å²) in [4.78, 5) is 16.0. The highest BCUT2D eigenvalue weighted by molar-refractivity contribution is 5.94. The van der Waals surface area contributed by atoms with Gasteiger partial charge in [-0.2, -0.15) is 0 Å². The monoisotopic (exact) mass is 342 g/mol. The van der Waals surface area contributed by atoms with Crippen molar-refractivity contribution in [3.8, 4) is 0 Å². The number of carbonyl (C=O) groups is 1. The van der Waals surface area contributed by atoms with Crippen LogP contribution in [-0.4, -0.2) is 25.5 Å². The Balaban J connectivity index is 1.81. The molecule has 2 aromatic carbocycles. The van der Waals surface area contributed by atoms with E-state index in [1.807, 2.05) is 0 Å². The van der Waals surface area contributed by atoms with Gasteiger partial charge in [-0.3, -0.25) is 9.79 Å². The molecule has 0 fully saturated rings. The highest BCUT2D eigenvalue weighted by Gasteiger charge is 2.05. The number of carbonyl (C=O) groups excluding carboxylic acids is 1. The van der Waals surface area contributed by atoms with Crippen LogP contribution in [0.3, 0.4) is 0 Å². The average molecular weight is 342 g/mol. The Bertz CT molecular complexity index is 757. The summed E-state index contributed by atoms with van der Waals surface area (Å²) in [6, 6.07) is 11.9. The molecule has 0 aliphatic carbocycles. The summed E-state index contributed by atoms with van der Waals surface area (Å²) in [5.74, 6) is -0.0394. The first-order valence-corrected chi connectivity index (χ1v) is 8.04. The summed E-state index contributed by atoms with van der Waals surface area (Å²) in [5, 5.41) is 8.82. The van der Waals surface area contributed by atoms with Gasteiger partial charge in [0.05, 0.1) is 6.54 Å². The number of hydrogen-bond acceptors (Lipinski definition) is 2. The number of rotatable bonds is 5. The van der Waals surface area contributed by atoms with Gasteiger partial charge in [0.2, 0.25) is 5.91 Å².